The van der Waals surface area contributed by atoms with Crippen LogP contribution in [-0.2, 0) is 17.1 Å². The van der Waals surface area contributed by atoms with Gasteiger partial charge in [-0.1, -0.05) is 29.3 Å². The fourth-order valence-electron chi connectivity index (χ4n) is 1.47. The molecular weight excluding hydrogens is 309 g/mol. The summed E-state index contributed by atoms with van der Waals surface area (Å²) >= 11 is 11.7. The zero-order chi connectivity index (χ0) is 14.2. The number of halogens is 2. The molecule has 0 aliphatic rings. The number of hydrogen-bond acceptors (Lipinski definition) is 3. The second-order valence-electron chi connectivity index (χ2n) is 4.02. The normalized spacial score (nSPS) is 11.6. The second-order valence-corrected chi connectivity index (χ2v) is 6.41. The van der Waals surface area contributed by atoms with Gasteiger partial charge in [0.2, 0.25) is 5.03 Å². The van der Waals surface area contributed by atoms with E-state index >= 15 is 0 Å². The summed E-state index contributed by atoms with van der Waals surface area (Å²) in [7, 11) is -2.22. The minimum atomic E-state index is -3.83. The zero-order valence-electron chi connectivity index (χ0n) is 10.2. The fraction of sp³-hybridized carbons (Fsp3) is 0.182. The van der Waals surface area contributed by atoms with Crippen molar-refractivity contribution in [2.24, 2.45) is 7.05 Å². The molecule has 0 unspecified atom stereocenters. The van der Waals surface area contributed by atoms with E-state index in [1.54, 1.807) is 26.1 Å². The van der Waals surface area contributed by atoms with Gasteiger partial charge in [0, 0.05) is 12.1 Å². The molecule has 0 bridgehead atoms. The molecule has 1 aromatic heterocycles. The summed E-state index contributed by atoms with van der Waals surface area (Å²) in [6, 6.07) is 4.94. The van der Waals surface area contributed by atoms with E-state index in [2.05, 4.69) is 9.71 Å². The fourth-order valence-corrected chi connectivity index (χ4v) is 3.20. The van der Waals surface area contributed by atoms with Gasteiger partial charge in [0.25, 0.3) is 10.0 Å². The van der Waals surface area contributed by atoms with Gasteiger partial charge in [0.05, 0.1) is 12.0 Å². The van der Waals surface area contributed by atoms with Gasteiger partial charge in [-0.15, -0.1) is 0 Å². The molecule has 0 radical (unpaired) electrons. The highest BCUT2D eigenvalue weighted by Crippen LogP contribution is 2.25. The van der Waals surface area contributed by atoms with Gasteiger partial charge in [0.1, 0.15) is 5.15 Å². The van der Waals surface area contributed by atoms with Crippen LogP contribution in [0.15, 0.2) is 29.6 Å². The van der Waals surface area contributed by atoms with Crippen molar-refractivity contribution in [2.75, 3.05) is 4.72 Å². The standard InChI is InChI=1S/C11H11Cl2N3O2S/c1-7-3-4-8(12)5-9(7)15-19(17,18)11-10(13)16(2)6-14-11/h3-6,15H,1-2H3. The monoisotopic (exact) mass is 319 g/mol. The Labute approximate surface area is 121 Å². The van der Waals surface area contributed by atoms with Crippen LogP contribution >= 0.6 is 23.2 Å². The lowest BCUT2D eigenvalue weighted by atomic mass is 10.2. The molecule has 8 heteroatoms. The van der Waals surface area contributed by atoms with E-state index < -0.39 is 10.0 Å². The minimum Gasteiger partial charge on any atom is -0.324 e. The number of rotatable bonds is 3. The van der Waals surface area contributed by atoms with Crippen LogP contribution in [0.4, 0.5) is 5.69 Å². The molecule has 2 aromatic rings. The van der Waals surface area contributed by atoms with Crippen LogP contribution in [0.3, 0.4) is 0 Å². The number of nitrogens with one attached hydrogen (secondary N) is 1. The van der Waals surface area contributed by atoms with E-state index in [9.17, 15) is 8.42 Å². The highest BCUT2D eigenvalue weighted by atomic mass is 35.5. The van der Waals surface area contributed by atoms with Crippen molar-refractivity contribution in [1.82, 2.24) is 9.55 Å². The van der Waals surface area contributed by atoms with Gasteiger partial charge >= 0.3 is 0 Å². The lowest BCUT2D eigenvalue weighted by molar-refractivity contribution is 0.598. The number of sulfonamides is 1. The van der Waals surface area contributed by atoms with Crippen LogP contribution < -0.4 is 4.72 Å². The van der Waals surface area contributed by atoms with E-state index in [-0.39, 0.29) is 10.2 Å². The van der Waals surface area contributed by atoms with Gasteiger partial charge in [0.15, 0.2) is 0 Å². The number of benzene rings is 1. The van der Waals surface area contributed by atoms with Crippen molar-refractivity contribution in [3.63, 3.8) is 0 Å². The molecule has 1 heterocycles. The molecule has 0 saturated carbocycles. The molecule has 0 aliphatic heterocycles. The third-order valence-corrected chi connectivity index (χ3v) is 4.62. The lowest BCUT2D eigenvalue weighted by Gasteiger charge is -2.09. The average Bonchev–Trinajstić information content (AvgIpc) is 2.65. The van der Waals surface area contributed by atoms with Crippen LogP contribution in [-0.4, -0.2) is 18.0 Å². The van der Waals surface area contributed by atoms with E-state index in [1.807, 2.05) is 0 Å². The number of nitrogens with zero attached hydrogens (tertiary/aromatic N) is 2. The van der Waals surface area contributed by atoms with E-state index in [4.69, 9.17) is 23.2 Å². The minimum absolute atomic E-state index is 0.0483. The highest BCUT2D eigenvalue weighted by Gasteiger charge is 2.23. The molecule has 2 rings (SSSR count). The Balaban J connectivity index is 2.42. The van der Waals surface area contributed by atoms with Crippen LogP contribution in [0, 0.1) is 6.92 Å². The van der Waals surface area contributed by atoms with Crippen LogP contribution in [0.25, 0.3) is 0 Å². The Morgan fingerprint density at radius 2 is 2.00 bits per heavy atom. The number of imidazole rings is 1. The van der Waals surface area contributed by atoms with Crippen molar-refractivity contribution in [3.05, 3.63) is 40.3 Å². The molecule has 0 spiro atoms. The van der Waals surface area contributed by atoms with Gasteiger partial charge < -0.3 is 4.57 Å². The average molecular weight is 320 g/mol. The Kier molecular flexibility index (Phi) is 3.75. The quantitative estimate of drug-likeness (QED) is 0.946. The van der Waals surface area contributed by atoms with Gasteiger partial charge in [-0.25, -0.2) is 4.98 Å². The van der Waals surface area contributed by atoms with Crippen LogP contribution in [0.5, 0.6) is 0 Å². The molecule has 5 nitrogen and oxygen atoms in total. The maximum absolute atomic E-state index is 12.2. The summed E-state index contributed by atoms with van der Waals surface area (Å²) in [6.45, 7) is 1.77. The summed E-state index contributed by atoms with van der Waals surface area (Å²) in [5, 5.41) is 0.277. The van der Waals surface area contributed by atoms with Crippen LogP contribution in [0.1, 0.15) is 5.56 Å². The highest BCUT2D eigenvalue weighted by molar-refractivity contribution is 7.92. The van der Waals surface area contributed by atoms with Crippen LogP contribution in [0.2, 0.25) is 10.2 Å². The summed E-state index contributed by atoms with van der Waals surface area (Å²) in [4.78, 5) is 3.78. The molecule has 1 N–H and O–H groups in total. The number of hydrogen-bond donors (Lipinski definition) is 1. The molecule has 0 fully saturated rings. The maximum atomic E-state index is 12.2. The smallest absolute Gasteiger partial charge is 0.282 e. The topological polar surface area (TPSA) is 64.0 Å². The van der Waals surface area contributed by atoms with Crippen molar-refractivity contribution in [1.29, 1.82) is 0 Å². The summed E-state index contributed by atoms with van der Waals surface area (Å²) in [6.07, 6.45) is 1.34. The Morgan fingerprint density at radius 1 is 1.32 bits per heavy atom. The molecule has 0 amide bonds. The predicted octanol–water partition coefficient (Wildman–Crippen LogP) is 2.84. The first-order valence-corrected chi connectivity index (χ1v) is 7.51. The number of aryl methyl sites for hydroxylation is 2. The third kappa shape index (κ3) is 2.86. The van der Waals surface area contributed by atoms with E-state index in [0.29, 0.717) is 10.7 Å². The largest absolute Gasteiger partial charge is 0.324 e. The Morgan fingerprint density at radius 3 is 2.58 bits per heavy atom. The number of aromatic nitrogens is 2. The number of anilines is 1. The summed E-state index contributed by atoms with van der Waals surface area (Å²) in [5.41, 5.74) is 1.15. The molecule has 102 valence electrons. The molecule has 0 atom stereocenters. The second kappa shape index (κ2) is 5.03. The van der Waals surface area contributed by atoms with Crippen molar-refractivity contribution in [2.45, 2.75) is 11.9 Å². The van der Waals surface area contributed by atoms with Gasteiger partial charge in [-0.05, 0) is 24.6 Å². The first-order valence-electron chi connectivity index (χ1n) is 5.27. The predicted molar refractivity (Wildman–Crippen MR) is 75.2 cm³/mol. The maximum Gasteiger partial charge on any atom is 0.282 e. The molecule has 0 saturated heterocycles. The first-order chi connectivity index (χ1) is 8.81. The van der Waals surface area contributed by atoms with E-state index in [1.165, 1.54) is 17.0 Å². The van der Waals surface area contributed by atoms with Crippen molar-refractivity contribution < 1.29 is 8.42 Å². The summed E-state index contributed by atoms with van der Waals surface area (Å²) in [5.74, 6) is 0. The molecule has 19 heavy (non-hydrogen) atoms. The molecule has 0 aliphatic carbocycles. The lowest BCUT2D eigenvalue weighted by Crippen LogP contribution is -2.14. The van der Waals surface area contributed by atoms with Crippen molar-refractivity contribution >= 4 is 38.9 Å². The van der Waals surface area contributed by atoms with Gasteiger partial charge in [-0.2, -0.15) is 8.42 Å². The SMILES string of the molecule is Cc1ccc(Cl)cc1NS(=O)(=O)c1ncn(C)c1Cl. The first kappa shape index (κ1) is 14.2. The molecular formula is C11H11Cl2N3O2S. The zero-order valence-corrected chi connectivity index (χ0v) is 12.5. The van der Waals surface area contributed by atoms with E-state index in [0.717, 1.165) is 5.56 Å². The third-order valence-electron chi connectivity index (χ3n) is 2.53. The molecule has 1 aromatic carbocycles. The Bertz CT molecular complexity index is 726. The van der Waals surface area contributed by atoms with Gasteiger partial charge in [-0.3, -0.25) is 4.72 Å². The van der Waals surface area contributed by atoms with Crippen molar-refractivity contribution in [3.8, 4) is 0 Å². The Hall–Kier alpha value is -1.24. The summed E-state index contributed by atoms with van der Waals surface area (Å²) < 4.78 is 28.2.